The fraction of sp³-hybridized carbons (Fsp3) is 0.182. The van der Waals surface area contributed by atoms with Gasteiger partial charge in [-0.1, -0.05) is 28.1 Å². The Balaban J connectivity index is 2.21. The lowest BCUT2D eigenvalue weighted by atomic mass is 10.1. The topological polar surface area (TPSA) is 28.7 Å². The first-order valence-electron chi connectivity index (χ1n) is 4.74. The monoisotopic (exact) mass is 346 g/mol. The number of rotatable bonds is 3. The molecule has 0 aliphatic carbocycles. The summed E-state index contributed by atoms with van der Waals surface area (Å²) in [4.78, 5) is 7.19. The van der Waals surface area contributed by atoms with Crippen molar-refractivity contribution in [2.75, 3.05) is 0 Å². The molecule has 0 aliphatic rings. The van der Waals surface area contributed by atoms with E-state index >= 15 is 0 Å². The number of halogens is 3. The van der Waals surface area contributed by atoms with Crippen LogP contribution in [0.4, 0.5) is 4.39 Å². The zero-order chi connectivity index (χ0) is 11.5. The Morgan fingerprint density at radius 2 is 2.25 bits per heavy atom. The summed E-state index contributed by atoms with van der Waals surface area (Å²) in [5, 5.41) is 0. The lowest BCUT2D eigenvalue weighted by molar-refractivity contribution is 0.617. The van der Waals surface area contributed by atoms with Crippen LogP contribution >= 0.6 is 31.9 Å². The van der Waals surface area contributed by atoms with E-state index in [1.165, 1.54) is 6.07 Å². The van der Waals surface area contributed by atoms with Crippen LogP contribution in [0.5, 0.6) is 0 Å². The summed E-state index contributed by atoms with van der Waals surface area (Å²) in [7, 11) is 0. The van der Waals surface area contributed by atoms with Crippen LogP contribution in [0, 0.1) is 5.82 Å². The van der Waals surface area contributed by atoms with Crippen LogP contribution < -0.4 is 0 Å². The minimum Gasteiger partial charge on any atom is -0.349 e. The molecule has 1 atom stereocenters. The van der Waals surface area contributed by atoms with E-state index in [2.05, 4.69) is 41.8 Å². The summed E-state index contributed by atoms with van der Waals surface area (Å²) in [5.41, 5.74) is 0.886. The average Bonchev–Trinajstić information content (AvgIpc) is 2.74. The van der Waals surface area contributed by atoms with Gasteiger partial charge in [-0.2, -0.15) is 0 Å². The second-order valence-electron chi connectivity index (χ2n) is 3.35. The summed E-state index contributed by atoms with van der Waals surface area (Å²) >= 11 is 6.78. The second kappa shape index (κ2) is 5.10. The number of aromatic amines is 1. The zero-order valence-corrected chi connectivity index (χ0v) is 11.4. The minimum absolute atomic E-state index is 0.0312. The van der Waals surface area contributed by atoms with Gasteiger partial charge in [-0.25, -0.2) is 9.37 Å². The van der Waals surface area contributed by atoms with Gasteiger partial charge < -0.3 is 4.98 Å². The Labute approximate surface area is 110 Å². The van der Waals surface area contributed by atoms with Crippen LogP contribution in [0.3, 0.4) is 0 Å². The first-order valence-corrected chi connectivity index (χ1v) is 6.45. The minimum atomic E-state index is -0.249. The molecule has 0 bridgehead atoms. The standard InChI is InChI=1S/C11H9Br2FN2/c12-8(6-10-15-4-5-16-10)7-2-1-3-9(14)11(7)13/h1-5,8H,6H2,(H,15,16). The predicted octanol–water partition coefficient (Wildman–Crippen LogP) is 3.99. The van der Waals surface area contributed by atoms with Gasteiger partial charge in [0.05, 0.1) is 4.47 Å². The molecule has 1 unspecified atom stereocenters. The number of benzene rings is 1. The molecular weight excluding hydrogens is 339 g/mol. The van der Waals surface area contributed by atoms with Gasteiger partial charge in [0.15, 0.2) is 0 Å². The molecule has 2 aromatic rings. The number of hydrogen-bond donors (Lipinski definition) is 1. The van der Waals surface area contributed by atoms with Crippen LogP contribution in [-0.4, -0.2) is 9.97 Å². The van der Waals surface area contributed by atoms with Crippen LogP contribution in [-0.2, 0) is 6.42 Å². The number of nitrogens with one attached hydrogen (secondary N) is 1. The predicted molar refractivity (Wildman–Crippen MR) is 68.1 cm³/mol. The van der Waals surface area contributed by atoms with Crippen molar-refractivity contribution in [2.45, 2.75) is 11.2 Å². The van der Waals surface area contributed by atoms with E-state index in [9.17, 15) is 4.39 Å². The fourth-order valence-electron chi connectivity index (χ4n) is 1.45. The SMILES string of the molecule is Fc1cccc(C(Br)Cc2ncc[nH]2)c1Br. The van der Waals surface area contributed by atoms with Crippen molar-refractivity contribution in [1.29, 1.82) is 0 Å². The highest BCUT2D eigenvalue weighted by molar-refractivity contribution is 9.11. The zero-order valence-electron chi connectivity index (χ0n) is 8.25. The second-order valence-corrected chi connectivity index (χ2v) is 5.25. The summed E-state index contributed by atoms with van der Waals surface area (Å²) in [5.74, 6) is 0.624. The maximum absolute atomic E-state index is 13.3. The van der Waals surface area contributed by atoms with E-state index in [1.54, 1.807) is 18.5 Å². The smallest absolute Gasteiger partial charge is 0.137 e. The molecule has 5 heteroatoms. The van der Waals surface area contributed by atoms with Gasteiger partial charge in [-0.05, 0) is 27.6 Å². The highest BCUT2D eigenvalue weighted by Gasteiger charge is 2.15. The molecule has 16 heavy (non-hydrogen) atoms. The molecule has 2 rings (SSSR count). The molecule has 0 radical (unpaired) electrons. The van der Waals surface area contributed by atoms with Gasteiger partial charge in [0, 0.05) is 23.6 Å². The van der Waals surface area contributed by atoms with Gasteiger partial charge in [0.25, 0.3) is 0 Å². The number of alkyl halides is 1. The number of H-pyrrole nitrogens is 1. The van der Waals surface area contributed by atoms with Gasteiger partial charge in [0.2, 0.25) is 0 Å². The van der Waals surface area contributed by atoms with E-state index in [4.69, 9.17) is 0 Å². The number of hydrogen-bond acceptors (Lipinski definition) is 1. The van der Waals surface area contributed by atoms with Crippen molar-refractivity contribution in [3.8, 4) is 0 Å². The van der Waals surface area contributed by atoms with E-state index in [0.29, 0.717) is 10.9 Å². The largest absolute Gasteiger partial charge is 0.349 e. The van der Waals surface area contributed by atoms with Gasteiger partial charge >= 0.3 is 0 Å². The highest BCUT2D eigenvalue weighted by Crippen LogP contribution is 2.33. The Kier molecular flexibility index (Phi) is 3.76. The lowest BCUT2D eigenvalue weighted by Crippen LogP contribution is -1.99. The molecule has 1 aromatic carbocycles. The highest BCUT2D eigenvalue weighted by atomic mass is 79.9. The molecule has 0 aliphatic heterocycles. The van der Waals surface area contributed by atoms with Crippen molar-refractivity contribution in [3.05, 3.63) is 52.3 Å². The number of aromatic nitrogens is 2. The lowest BCUT2D eigenvalue weighted by Gasteiger charge is -2.11. The Bertz CT molecular complexity index is 471. The van der Waals surface area contributed by atoms with Crippen molar-refractivity contribution in [1.82, 2.24) is 9.97 Å². The third kappa shape index (κ3) is 2.52. The van der Waals surface area contributed by atoms with E-state index < -0.39 is 0 Å². The van der Waals surface area contributed by atoms with Crippen LogP contribution in [0.25, 0.3) is 0 Å². The third-order valence-electron chi connectivity index (χ3n) is 2.25. The maximum Gasteiger partial charge on any atom is 0.137 e. The third-order valence-corrected chi connectivity index (χ3v) is 3.90. The maximum atomic E-state index is 13.3. The normalized spacial score (nSPS) is 12.7. The molecule has 1 N–H and O–H groups in total. The van der Waals surface area contributed by atoms with Crippen LogP contribution in [0.2, 0.25) is 0 Å². The molecular formula is C11H9Br2FN2. The number of nitrogens with zero attached hydrogens (tertiary/aromatic N) is 1. The first kappa shape index (κ1) is 11.8. The average molecular weight is 348 g/mol. The molecule has 84 valence electrons. The van der Waals surface area contributed by atoms with Crippen LogP contribution in [0.15, 0.2) is 35.1 Å². The quantitative estimate of drug-likeness (QED) is 0.835. The molecule has 0 spiro atoms. The number of imidazole rings is 1. The van der Waals surface area contributed by atoms with Crippen LogP contribution in [0.1, 0.15) is 16.2 Å². The van der Waals surface area contributed by atoms with Crippen molar-refractivity contribution < 1.29 is 4.39 Å². The molecule has 0 fully saturated rings. The summed E-state index contributed by atoms with van der Waals surface area (Å²) in [6, 6.07) is 5.02. The summed E-state index contributed by atoms with van der Waals surface area (Å²) < 4.78 is 13.8. The Hall–Kier alpha value is -0.680. The molecule has 1 aromatic heterocycles. The summed E-state index contributed by atoms with van der Waals surface area (Å²) in [6.07, 6.45) is 4.17. The van der Waals surface area contributed by atoms with Crippen molar-refractivity contribution in [2.24, 2.45) is 0 Å². The molecule has 0 saturated carbocycles. The van der Waals surface area contributed by atoms with E-state index in [1.807, 2.05) is 6.07 Å². The van der Waals surface area contributed by atoms with Gasteiger partial charge in [0.1, 0.15) is 11.6 Å². The summed E-state index contributed by atoms with van der Waals surface area (Å²) in [6.45, 7) is 0. The van der Waals surface area contributed by atoms with Gasteiger partial charge in [-0.3, -0.25) is 0 Å². The Morgan fingerprint density at radius 3 is 2.94 bits per heavy atom. The Morgan fingerprint density at radius 1 is 1.44 bits per heavy atom. The first-order chi connectivity index (χ1) is 7.68. The van der Waals surface area contributed by atoms with E-state index in [-0.39, 0.29) is 10.6 Å². The van der Waals surface area contributed by atoms with Crippen molar-refractivity contribution in [3.63, 3.8) is 0 Å². The molecule has 1 heterocycles. The van der Waals surface area contributed by atoms with E-state index in [0.717, 1.165) is 11.4 Å². The molecule has 2 nitrogen and oxygen atoms in total. The van der Waals surface area contributed by atoms with Crippen molar-refractivity contribution >= 4 is 31.9 Å². The fourth-order valence-corrected chi connectivity index (χ4v) is 2.99. The molecule has 0 amide bonds. The molecule has 0 saturated heterocycles. The van der Waals surface area contributed by atoms with Gasteiger partial charge in [-0.15, -0.1) is 0 Å².